The molecule has 0 aromatic heterocycles. The molecule has 150 valence electrons. The zero-order valence-electron chi connectivity index (χ0n) is 16.6. The fraction of sp³-hybridized carbons (Fsp3) is 0.409. The van der Waals surface area contributed by atoms with Crippen LogP contribution in [0.3, 0.4) is 0 Å². The number of para-hydroxylation sites is 2. The minimum absolute atomic E-state index is 0.0456. The molecule has 0 spiro atoms. The van der Waals surface area contributed by atoms with Crippen LogP contribution in [0, 0.1) is 0 Å². The molecule has 1 atom stereocenters. The summed E-state index contributed by atoms with van der Waals surface area (Å²) in [7, 11) is 1.67. The summed E-state index contributed by atoms with van der Waals surface area (Å²) in [6, 6.07) is 18.0. The number of nitrogens with one attached hydrogen (secondary N) is 1. The molecule has 1 saturated heterocycles. The van der Waals surface area contributed by atoms with Gasteiger partial charge in [0.2, 0.25) is 0 Å². The first-order valence-corrected chi connectivity index (χ1v) is 9.80. The van der Waals surface area contributed by atoms with Crippen LogP contribution in [0.4, 0.5) is 10.5 Å². The Kier molecular flexibility index (Phi) is 7.14. The molecule has 1 aliphatic heterocycles. The van der Waals surface area contributed by atoms with Gasteiger partial charge < -0.3 is 24.6 Å². The van der Waals surface area contributed by atoms with Crippen LogP contribution in [0.15, 0.2) is 54.6 Å². The first-order valence-electron chi connectivity index (χ1n) is 9.80. The van der Waals surface area contributed by atoms with E-state index in [9.17, 15) is 4.79 Å². The van der Waals surface area contributed by atoms with E-state index in [1.54, 1.807) is 7.11 Å². The van der Waals surface area contributed by atoms with Crippen LogP contribution in [0.5, 0.6) is 5.75 Å². The summed E-state index contributed by atoms with van der Waals surface area (Å²) in [6.07, 6.45) is -0.149. The first-order chi connectivity index (χ1) is 13.7. The number of anilines is 1. The van der Waals surface area contributed by atoms with Crippen LogP contribution in [0.25, 0.3) is 0 Å². The minimum atomic E-state index is -0.149. The predicted molar refractivity (Wildman–Crippen MR) is 111 cm³/mol. The highest BCUT2D eigenvalue weighted by Crippen LogP contribution is 2.28. The largest absolute Gasteiger partial charge is 0.492 e. The topological polar surface area (TPSA) is 54.0 Å². The number of carbonyl (C=O) groups is 1. The Hall–Kier alpha value is -2.73. The van der Waals surface area contributed by atoms with E-state index in [0.29, 0.717) is 26.2 Å². The van der Waals surface area contributed by atoms with E-state index >= 15 is 0 Å². The molecule has 2 aromatic carbocycles. The third kappa shape index (κ3) is 4.95. The van der Waals surface area contributed by atoms with Crippen LogP contribution < -0.4 is 15.0 Å². The molecule has 6 heteroatoms. The SMILES string of the molecule is CCOc1ccccc1N1CCN(C(=O)NCC(OC)c2ccccc2)CC1. The molecule has 0 saturated carbocycles. The minimum Gasteiger partial charge on any atom is -0.492 e. The van der Waals surface area contributed by atoms with E-state index < -0.39 is 0 Å². The fourth-order valence-electron chi connectivity index (χ4n) is 3.44. The molecule has 1 N–H and O–H groups in total. The molecule has 3 rings (SSSR count). The van der Waals surface area contributed by atoms with Crippen molar-refractivity contribution in [3.8, 4) is 5.75 Å². The number of methoxy groups -OCH3 is 1. The lowest BCUT2D eigenvalue weighted by Crippen LogP contribution is -2.52. The summed E-state index contributed by atoms with van der Waals surface area (Å²) < 4.78 is 11.3. The van der Waals surface area contributed by atoms with Gasteiger partial charge in [0.25, 0.3) is 0 Å². The van der Waals surface area contributed by atoms with Gasteiger partial charge in [0.1, 0.15) is 5.75 Å². The molecule has 1 heterocycles. The number of hydrogen-bond donors (Lipinski definition) is 1. The molecular weight excluding hydrogens is 354 g/mol. The summed E-state index contributed by atoms with van der Waals surface area (Å²) in [5.74, 6) is 0.897. The molecular formula is C22H29N3O3. The summed E-state index contributed by atoms with van der Waals surface area (Å²) >= 11 is 0. The molecule has 1 aliphatic rings. The third-order valence-electron chi connectivity index (χ3n) is 4.97. The summed E-state index contributed by atoms with van der Waals surface area (Å²) in [4.78, 5) is 16.7. The van der Waals surface area contributed by atoms with Crippen molar-refractivity contribution in [2.45, 2.75) is 13.0 Å². The lowest BCUT2D eigenvalue weighted by atomic mass is 10.1. The van der Waals surface area contributed by atoms with Gasteiger partial charge in [0, 0.05) is 39.8 Å². The van der Waals surface area contributed by atoms with E-state index in [1.165, 1.54) is 0 Å². The Bertz CT molecular complexity index is 746. The standard InChI is InChI=1S/C22H29N3O3/c1-3-28-20-12-8-7-11-19(20)24-13-15-25(16-14-24)22(26)23-17-21(27-2)18-9-5-4-6-10-18/h4-12,21H,3,13-17H2,1-2H3,(H,23,26). The molecule has 0 radical (unpaired) electrons. The zero-order chi connectivity index (χ0) is 19.8. The quantitative estimate of drug-likeness (QED) is 0.797. The van der Waals surface area contributed by atoms with Gasteiger partial charge in [-0.1, -0.05) is 42.5 Å². The number of urea groups is 1. The average Bonchev–Trinajstić information content (AvgIpc) is 2.75. The number of hydrogen-bond acceptors (Lipinski definition) is 4. The maximum atomic E-state index is 12.6. The van der Waals surface area contributed by atoms with Crippen molar-refractivity contribution < 1.29 is 14.3 Å². The highest BCUT2D eigenvalue weighted by atomic mass is 16.5. The van der Waals surface area contributed by atoms with Crippen LogP contribution in [-0.2, 0) is 4.74 Å². The number of ether oxygens (including phenoxy) is 2. The normalized spacial score (nSPS) is 15.2. The van der Waals surface area contributed by atoms with Crippen molar-refractivity contribution in [1.82, 2.24) is 10.2 Å². The number of rotatable bonds is 7. The second-order valence-corrected chi connectivity index (χ2v) is 6.70. The van der Waals surface area contributed by atoms with Gasteiger partial charge in [-0.25, -0.2) is 4.79 Å². The van der Waals surface area contributed by atoms with Gasteiger partial charge >= 0.3 is 6.03 Å². The van der Waals surface area contributed by atoms with Crippen molar-refractivity contribution in [2.24, 2.45) is 0 Å². The average molecular weight is 383 g/mol. The van der Waals surface area contributed by atoms with Gasteiger partial charge in [-0.05, 0) is 24.6 Å². The maximum Gasteiger partial charge on any atom is 0.317 e. The van der Waals surface area contributed by atoms with E-state index in [0.717, 1.165) is 30.1 Å². The Labute approximate surface area is 167 Å². The predicted octanol–water partition coefficient (Wildman–Crippen LogP) is 3.30. The van der Waals surface area contributed by atoms with Crippen LogP contribution in [0.2, 0.25) is 0 Å². The van der Waals surface area contributed by atoms with E-state index in [1.807, 2.05) is 60.4 Å². The van der Waals surface area contributed by atoms with Gasteiger partial charge in [0.15, 0.2) is 0 Å². The Morgan fingerprint density at radius 2 is 1.71 bits per heavy atom. The lowest BCUT2D eigenvalue weighted by molar-refractivity contribution is 0.101. The van der Waals surface area contributed by atoms with E-state index in [-0.39, 0.29) is 12.1 Å². The van der Waals surface area contributed by atoms with E-state index in [4.69, 9.17) is 9.47 Å². The second-order valence-electron chi connectivity index (χ2n) is 6.70. The molecule has 28 heavy (non-hydrogen) atoms. The van der Waals surface area contributed by atoms with Crippen LogP contribution in [0.1, 0.15) is 18.6 Å². The summed E-state index contributed by atoms with van der Waals surface area (Å²) in [6.45, 7) is 5.99. The van der Waals surface area contributed by atoms with Crippen molar-refractivity contribution in [3.63, 3.8) is 0 Å². The Balaban J connectivity index is 1.51. The molecule has 1 unspecified atom stereocenters. The van der Waals surface area contributed by atoms with Crippen molar-refractivity contribution in [3.05, 3.63) is 60.2 Å². The molecule has 2 amide bonds. The Morgan fingerprint density at radius 3 is 2.39 bits per heavy atom. The van der Waals surface area contributed by atoms with Gasteiger partial charge in [-0.15, -0.1) is 0 Å². The van der Waals surface area contributed by atoms with Crippen LogP contribution in [-0.4, -0.2) is 57.4 Å². The molecule has 2 aromatic rings. The summed E-state index contributed by atoms with van der Waals surface area (Å²) in [5.41, 5.74) is 2.15. The van der Waals surface area contributed by atoms with E-state index in [2.05, 4.69) is 16.3 Å². The number of benzene rings is 2. The number of piperazine rings is 1. The highest BCUT2D eigenvalue weighted by molar-refractivity contribution is 5.74. The first kappa shape index (κ1) is 20.0. The summed E-state index contributed by atoms with van der Waals surface area (Å²) in [5, 5.41) is 3.01. The number of amides is 2. The highest BCUT2D eigenvalue weighted by Gasteiger charge is 2.23. The monoisotopic (exact) mass is 383 g/mol. The number of carbonyl (C=O) groups excluding carboxylic acids is 1. The fourth-order valence-corrected chi connectivity index (χ4v) is 3.44. The van der Waals surface area contributed by atoms with Crippen molar-refractivity contribution in [1.29, 1.82) is 0 Å². The maximum absolute atomic E-state index is 12.6. The molecule has 0 aliphatic carbocycles. The second kappa shape index (κ2) is 9.99. The van der Waals surface area contributed by atoms with Crippen molar-refractivity contribution in [2.75, 3.05) is 51.3 Å². The molecule has 1 fully saturated rings. The lowest BCUT2D eigenvalue weighted by Gasteiger charge is -2.36. The van der Waals surface area contributed by atoms with Gasteiger partial charge in [-0.2, -0.15) is 0 Å². The zero-order valence-corrected chi connectivity index (χ0v) is 16.6. The van der Waals surface area contributed by atoms with Crippen molar-refractivity contribution >= 4 is 11.7 Å². The smallest absolute Gasteiger partial charge is 0.317 e. The van der Waals surface area contributed by atoms with Crippen LogP contribution >= 0.6 is 0 Å². The molecule has 6 nitrogen and oxygen atoms in total. The van der Waals surface area contributed by atoms with Gasteiger partial charge in [0.05, 0.1) is 18.4 Å². The Morgan fingerprint density at radius 1 is 1.04 bits per heavy atom. The third-order valence-corrected chi connectivity index (χ3v) is 4.97. The van der Waals surface area contributed by atoms with Gasteiger partial charge in [-0.3, -0.25) is 0 Å². The molecule has 0 bridgehead atoms. The number of nitrogens with zero attached hydrogens (tertiary/aromatic N) is 2.